The number of esters is 1. The van der Waals surface area contributed by atoms with Gasteiger partial charge >= 0.3 is 5.97 Å². The van der Waals surface area contributed by atoms with Crippen LogP contribution < -0.4 is 4.74 Å². The zero-order valence-corrected chi connectivity index (χ0v) is 18.2. The quantitative estimate of drug-likeness (QED) is 0.182. The van der Waals surface area contributed by atoms with Gasteiger partial charge in [0.25, 0.3) is 5.78 Å². The van der Waals surface area contributed by atoms with Gasteiger partial charge in [-0.3, -0.25) is 14.4 Å². The van der Waals surface area contributed by atoms with Gasteiger partial charge in [0.2, 0.25) is 11.6 Å². The molecule has 1 aromatic rings. The van der Waals surface area contributed by atoms with E-state index in [4.69, 9.17) is 15.0 Å². The van der Waals surface area contributed by atoms with Gasteiger partial charge in [0.15, 0.2) is 0 Å². The highest BCUT2D eigenvalue weighted by molar-refractivity contribution is 6.63. The van der Waals surface area contributed by atoms with Crippen LogP contribution in [0.5, 0.6) is 11.5 Å². The lowest BCUT2D eigenvalue weighted by Crippen LogP contribution is -2.27. The molecule has 2 rings (SSSR count). The van der Waals surface area contributed by atoms with Gasteiger partial charge in [0.1, 0.15) is 23.2 Å². The minimum atomic E-state index is -1.00. The van der Waals surface area contributed by atoms with Crippen molar-refractivity contribution in [2.45, 2.75) is 58.5 Å². The molecule has 1 aliphatic heterocycles. The molecule has 0 bridgehead atoms. The second-order valence-electron chi connectivity index (χ2n) is 7.79. The van der Waals surface area contributed by atoms with Crippen LogP contribution in [0.25, 0.3) is 10.4 Å². The number of ether oxygens (including phenoxy) is 2. The van der Waals surface area contributed by atoms with Crippen LogP contribution in [0, 0.1) is 5.92 Å². The van der Waals surface area contributed by atoms with Crippen LogP contribution in [-0.2, 0) is 25.5 Å². The highest BCUT2D eigenvalue weighted by atomic mass is 16.5. The Labute approximate surface area is 185 Å². The summed E-state index contributed by atoms with van der Waals surface area (Å²) in [5.74, 6) is -3.45. The smallest absolute Gasteiger partial charge is 0.342 e. The van der Waals surface area contributed by atoms with Crippen molar-refractivity contribution in [3.8, 4) is 11.5 Å². The Kier molecular flexibility index (Phi) is 9.22. The predicted molar refractivity (Wildman–Crippen MR) is 113 cm³/mol. The Morgan fingerprint density at radius 1 is 1.16 bits per heavy atom. The Bertz CT molecular complexity index is 938. The summed E-state index contributed by atoms with van der Waals surface area (Å²) in [5.41, 5.74) is 8.69. The Morgan fingerprint density at radius 3 is 2.59 bits per heavy atom. The minimum Gasteiger partial charge on any atom is -0.507 e. The molecular formula is C22H27N3O7. The van der Waals surface area contributed by atoms with Crippen LogP contribution in [0.4, 0.5) is 0 Å². The number of nitrogens with zero attached hydrogens (tertiary/aromatic N) is 3. The lowest BCUT2D eigenvalue weighted by Gasteiger charge is -2.22. The number of phenolic OH excluding ortho intramolecular Hbond substituents is 1. The molecular weight excluding hydrogens is 418 g/mol. The van der Waals surface area contributed by atoms with E-state index < -0.39 is 29.4 Å². The topological polar surface area (TPSA) is 156 Å². The molecule has 10 heteroatoms. The number of Topliss-reactive ketones (excluding diaryl/α,β-unsaturated/α-hetero) is 3. The third kappa shape index (κ3) is 6.81. The van der Waals surface area contributed by atoms with Crippen molar-refractivity contribution >= 4 is 23.3 Å². The molecule has 0 spiro atoms. The summed E-state index contributed by atoms with van der Waals surface area (Å²) < 4.78 is 11.1. The van der Waals surface area contributed by atoms with Crippen molar-refractivity contribution in [2.75, 3.05) is 13.2 Å². The maximum atomic E-state index is 12.8. The molecule has 172 valence electrons. The first-order chi connectivity index (χ1) is 15.2. The predicted octanol–water partition coefficient (Wildman–Crippen LogP) is 3.48. The first-order valence-electron chi connectivity index (χ1n) is 10.6. The maximum absolute atomic E-state index is 12.8. The second kappa shape index (κ2) is 11.9. The molecule has 0 saturated carbocycles. The number of fused-ring (bicyclic) bond motifs is 1. The van der Waals surface area contributed by atoms with Crippen LogP contribution in [0.15, 0.2) is 17.2 Å². The summed E-state index contributed by atoms with van der Waals surface area (Å²) in [7, 11) is 0. The van der Waals surface area contributed by atoms with Gasteiger partial charge in [-0.2, -0.15) is 0 Å². The Hall–Kier alpha value is -3.39. The van der Waals surface area contributed by atoms with Gasteiger partial charge < -0.3 is 14.6 Å². The van der Waals surface area contributed by atoms with E-state index in [2.05, 4.69) is 10.0 Å². The van der Waals surface area contributed by atoms with Gasteiger partial charge in [0, 0.05) is 30.4 Å². The average Bonchev–Trinajstić information content (AvgIpc) is 2.75. The molecule has 0 aromatic heterocycles. The molecule has 10 nitrogen and oxygen atoms in total. The number of aryl methyl sites for hydroxylation is 1. The summed E-state index contributed by atoms with van der Waals surface area (Å²) in [6.07, 6.45) is 0.318. The fourth-order valence-electron chi connectivity index (χ4n) is 3.30. The Balaban J connectivity index is 2.30. The van der Waals surface area contributed by atoms with E-state index >= 15 is 0 Å². The lowest BCUT2D eigenvalue weighted by molar-refractivity contribution is -0.144. The fourth-order valence-corrected chi connectivity index (χ4v) is 3.30. The largest absolute Gasteiger partial charge is 0.507 e. The summed E-state index contributed by atoms with van der Waals surface area (Å²) in [6, 6.07) is 2.87. The van der Waals surface area contributed by atoms with E-state index in [1.165, 1.54) is 6.07 Å². The fraction of sp³-hybridized carbons (Fsp3) is 0.545. The van der Waals surface area contributed by atoms with Gasteiger partial charge in [-0.15, -0.1) is 0 Å². The highest BCUT2D eigenvalue weighted by Crippen LogP contribution is 2.31. The van der Waals surface area contributed by atoms with E-state index in [9.17, 15) is 24.3 Å². The van der Waals surface area contributed by atoms with Crippen molar-refractivity contribution in [1.29, 1.82) is 0 Å². The molecule has 2 atom stereocenters. The van der Waals surface area contributed by atoms with E-state index in [1.54, 1.807) is 19.9 Å². The normalized spacial score (nSPS) is 20.6. The van der Waals surface area contributed by atoms with E-state index in [0.29, 0.717) is 17.7 Å². The number of phenols is 1. The van der Waals surface area contributed by atoms with Crippen LogP contribution in [0.1, 0.15) is 61.9 Å². The third-order valence-corrected chi connectivity index (χ3v) is 5.39. The standard InChI is InChI=1S/C22H27N3O7/c1-13-7-8-18(27)21(29)17(26)6-3-5-15-11-16(31-10-4-9-24-25-23)12-19(28)20(15)22(30)32-14(13)2/h11-14,28H,3-10H2,1-2H3/t13-,14+/m1/s1. The summed E-state index contributed by atoms with van der Waals surface area (Å²) >= 11 is 0. The molecule has 0 radical (unpaired) electrons. The van der Waals surface area contributed by atoms with E-state index in [-0.39, 0.29) is 62.5 Å². The zero-order valence-electron chi connectivity index (χ0n) is 18.2. The monoisotopic (exact) mass is 445 g/mol. The van der Waals surface area contributed by atoms with Gasteiger partial charge in [0.05, 0.1) is 6.61 Å². The number of carbonyl (C=O) groups is 4. The summed E-state index contributed by atoms with van der Waals surface area (Å²) in [6.45, 7) is 3.93. The highest BCUT2D eigenvalue weighted by Gasteiger charge is 2.27. The number of benzene rings is 1. The first kappa shape index (κ1) is 24.9. The van der Waals surface area contributed by atoms with E-state index in [0.717, 1.165) is 0 Å². The number of ketones is 3. The minimum absolute atomic E-state index is 0.0163. The summed E-state index contributed by atoms with van der Waals surface area (Å²) in [4.78, 5) is 51.6. The maximum Gasteiger partial charge on any atom is 0.342 e. The van der Waals surface area contributed by atoms with Gasteiger partial charge in [-0.05, 0) is 55.7 Å². The number of cyclic esters (lactones) is 1. The number of aromatic hydroxyl groups is 1. The number of hydrogen-bond acceptors (Lipinski definition) is 8. The molecule has 1 heterocycles. The van der Waals surface area contributed by atoms with E-state index in [1.807, 2.05) is 0 Å². The molecule has 0 fully saturated rings. The zero-order chi connectivity index (χ0) is 23.7. The molecule has 0 amide bonds. The van der Waals surface area contributed by atoms with Crippen LogP contribution in [0.2, 0.25) is 0 Å². The van der Waals surface area contributed by atoms with Crippen molar-refractivity contribution in [3.05, 3.63) is 33.7 Å². The SMILES string of the molecule is C[C@@H]1CCC(=O)C(=O)C(=O)CCCc2cc(OCCCN=[N+]=[N-])cc(O)c2C(=O)O[C@H]1C. The lowest BCUT2D eigenvalue weighted by atomic mass is 9.94. The molecule has 0 unspecified atom stereocenters. The number of rotatable bonds is 5. The van der Waals surface area contributed by atoms with Crippen molar-refractivity contribution in [3.63, 3.8) is 0 Å². The number of hydrogen-bond donors (Lipinski definition) is 1. The summed E-state index contributed by atoms with van der Waals surface area (Å²) in [5, 5.41) is 13.9. The van der Waals surface area contributed by atoms with Gasteiger partial charge in [-0.25, -0.2) is 4.79 Å². The average molecular weight is 445 g/mol. The van der Waals surface area contributed by atoms with Crippen LogP contribution in [-0.4, -0.2) is 47.7 Å². The molecule has 1 aromatic carbocycles. The first-order valence-corrected chi connectivity index (χ1v) is 10.6. The van der Waals surface area contributed by atoms with Crippen molar-refractivity contribution < 1.29 is 33.8 Å². The molecule has 0 saturated heterocycles. The Morgan fingerprint density at radius 2 is 1.88 bits per heavy atom. The molecule has 1 N–H and O–H groups in total. The molecule has 0 aliphatic carbocycles. The number of carbonyl (C=O) groups excluding carboxylic acids is 4. The van der Waals surface area contributed by atoms with Crippen LogP contribution in [0.3, 0.4) is 0 Å². The van der Waals surface area contributed by atoms with Crippen molar-refractivity contribution in [2.24, 2.45) is 11.0 Å². The molecule has 32 heavy (non-hydrogen) atoms. The third-order valence-electron chi connectivity index (χ3n) is 5.39. The van der Waals surface area contributed by atoms with Crippen LogP contribution >= 0.6 is 0 Å². The van der Waals surface area contributed by atoms with Gasteiger partial charge in [-0.1, -0.05) is 12.0 Å². The number of azide groups is 1. The molecule has 1 aliphatic rings. The second-order valence-corrected chi connectivity index (χ2v) is 7.79. The van der Waals surface area contributed by atoms with Crippen molar-refractivity contribution in [1.82, 2.24) is 0 Å².